The second-order valence-corrected chi connectivity index (χ2v) is 4.21. The van der Waals surface area contributed by atoms with Crippen LogP contribution in [0.4, 0.5) is 0 Å². The molecule has 1 aromatic rings. The lowest BCUT2D eigenvalue weighted by atomic mass is 10.1. The third kappa shape index (κ3) is 4.40. The van der Waals surface area contributed by atoms with Crippen LogP contribution in [0.2, 0.25) is 0 Å². The van der Waals surface area contributed by atoms with Crippen molar-refractivity contribution in [3.8, 4) is 0 Å². The second kappa shape index (κ2) is 6.23. The number of aromatic nitrogens is 1. The topological polar surface area (TPSA) is 65.2 Å². The zero-order valence-corrected chi connectivity index (χ0v) is 9.72. The largest absolute Gasteiger partial charge is 0.460 e. The molecule has 0 aromatic carbocycles. The number of nitrogens with zero attached hydrogens (tertiary/aromatic N) is 1. The molecule has 1 unspecified atom stereocenters. The summed E-state index contributed by atoms with van der Waals surface area (Å²) in [4.78, 5) is 15.4. The monoisotopic (exact) mass is 222 g/mol. The van der Waals surface area contributed by atoms with E-state index in [0.29, 0.717) is 12.3 Å². The number of nitrogens with two attached hydrogens (primary N) is 1. The summed E-state index contributed by atoms with van der Waals surface area (Å²) in [6, 6.07) is 3.13. The summed E-state index contributed by atoms with van der Waals surface area (Å²) < 4.78 is 5.09. The zero-order chi connectivity index (χ0) is 12.0. The Bertz CT molecular complexity index is 325. The number of esters is 1. The summed E-state index contributed by atoms with van der Waals surface area (Å²) in [7, 11) is 0. The average Bonchev–Trinajstić information content (AvgIpc) is 2.26. The van der Waals surface area contributed by atoms with Gasteiger partial charge in [0.25, 0.3) is 0 Å². The van der Waals surface area contributed by atoms with Gasteiger partial charge < -0.3 is 10.5 Å². The number of rotatable bonds is 5. The highest BCUT2D eigenvalue weighted by Crippen LogP contribution is 2.05. The molecule has 0 aliphatic rings. The van der Waals surface area contributed by atoms with E-state index < -0.39 is 6.04 Å². The summed E-state index contributed by atoms with van der Waals surface area (Å²) in [6.07, 6.45) is 3.99. The van der Waals surface area contributed by atoms with Crippen LogP contribution in [0.25, 0.3) is 0 Å². The maximum atomic E-state index is 11.5. The van der Waals surface area contributed by atoms with Crippen LogP contribution in [0.5, 0.6) is 0 Å². The van der Waals surface area contributed by atoms with Gasteiger partial charge in [-0.2, -0.15) is 0 Å². The molecule has 0 radical (unpaired) electrons. The first-order valence-electron chi connectivity index (χ1n) is 5.40. The Morgan fingerprint density at radius 3 is 2.88 bits per heavy atom. The van der Waals surface area contributed by atoms with Gasteiger partial charge in [-0.05, 0) is 18.4 Å². The Kier molecular flexibility index (Phi) is 4.92. The van der Waals surface area contributed by atoms with Crippen molar-refractivity contribution in [2.45, 2.75) is 32.9 Å². The van der Waals surface area contributed by atoms with Crippen molar-refractivity contribution in [1.82, 2.24) is 4.98 Å². The van der Waals surface area contributed by atoms with Gasteiger partial charge >= 0.3 is 5.97 Å². The van der Waals surface area contributed by atoms with E-state index in [1.807, 2.05) is 19.9 Å². The fourth-order valence-electron chi connectivity index (χ4n) is 1.35. The number of carbonyl (C=O) groups excluding carboxylic acids is 1. The first-order valence-corrected chi connectivity index (χ1v) is 5.40. The minimum Gasteiger partial charge on any atom is -0.460 e. The molecule has 0 spiro atoms. The number of ether oxygens (including phenoxy) is 1. The summed E-state index contributed by atoms with van der Waals surface area (Å²) in [5.41, 5.74) is 6.56. The fraction of sp³-hybridized carbons (Fsp3) is 0.500. The normalized spacial score (nSPS) is 12.5. The van der Waals surface area contributed by atoms with E-state index in [9.17, 15) is 4.79 Å². The molecule has 4 heteroatoms. The van der Waals surface area contributed by atoms with Gasteiger partial charge in [0.1, 0.15) is 12.6 Å². The molecular formula is C12H18N2O2. The second-order valence-electron chi connectivity index (χ2n) is 4.21. The van der Waals surface area contributed by atoms with E-state index in [1.54, 1.807) is 18.5 Å². The van der Waals surface area contributed by atoms with E-state index in [2.05, 4.69) is 4.98 Å². The Labute approximate surface area is 95.8 Å². The molecule has 1 atom stereocenters. The average molecular weight is 222 g/mol. The van der Waals surface area contributed by atoms with E-state index in [4.69, 9.17) is 10.5 Å². The smallest absolute Gasteiger partial charge is 0.323 e. The lowest BCUT2D eigenvalue weighted by Gasteiger charge is -2.13. The molecule has 88 valence electrons. The predicted octanol–water partition coefficient (Wildman–Crippen LogP) is 1.50. The van der Waals surface area contributed by atoms with Gasteiger partial charge in [0.2, 0.25) is 0 Å². The number of hydrogen-bond acceptors (Lipinski definition) is 4. The minimum absolute atomic E-state index is 0.235. The molecule has 0 fully saturated rings. The highest BCUT2D eigenvalue weighted by atomic mass is 16.5. The molecule has 0 aliphatic carbocycles. The summed E-state index contributed by atoms with van der Waals surface area (Å²) in [5.74, 6) is 0.0403. The van der Waals surface area contributed by atoms with Crippen LogP contribution < -0.4 is 5.73 Å². The van der Waals surface area contributed by atoms with Gasteiger partial charge in [0.05, 0.1) is 0 Å². The lowest BCUT2D eigenvalue weighted by Crippen LogP contribution is -2.33. The molecule has 4 nitrogen and oxygen atoms in total. The molecule has 0 aliphatic heterocycles. The van der Waals surface area contributed by atoms with Gasteiger partial charge in [-0.3, -0.25) is 9.78 Å². The quantitative estimate of drug-likeness (QED) is 0.767. The van der Waals surface area contributed by atoms with E-state index >= 15 is 0 Å². The van der Waals surface area contributed by atoms with E-state index in [-0.39, 0.29) is 12.6 Å². The van der Waals surface area contributed by atoms with Crippen molar-refractivity contribution >= 4 is 5.97 Å². The molecule has 2 N–H and O–H groups in total. The number of carbonyl (C=O) groups is 1. The molecule has 1 heterocycles. The van der Waals surface area contributed by atoms with Gasteiger partial charge in [0.15, 0.2) is 0 Å². The molecule has 0 bridgehead atoms. The van der Waals surface area contributed by atoms with Crippen molar-refractivity contribution in [3.63, 3.8) is 0 Å². The van der Waals surface area contributed by atoms with E-state index in [1.165, 1.54) is 0 Å². The third-order valence-corrected chi connectivity index (χ3v) is 2.13. The molecule has 1 rings (SSSR count). The van der Waals surface area contributed by atoms with Crippen molar-refractivity contribution in [3.05, 3.63) is 30.1 Å². The first-order chi connectivity index (χ1) is 7.59. The fourth-order valence-corrected chi connectivity index (χ4v) is 1.35. The Hall–Kier alpha value is -1.42. The summed E-state index contributed by atoms with van der Waals surface area (Å²) in [6.45, 7) is 4.28. The lowest BCUT2D eigenvalue weighted by molar-refractivity contribution is -0.146. The Morgan fingerprint density at radius 2 is 2.31 bits per heavy atom. The van der Waals surface area contributed by atoms with Gasteiger partial charge in [-0.1, -0.05) is 19.9 Å². The molecule has 16 heavy (non-hydrogen) atoms. The third-order valence-electron chi connectivity index (χ3n) is 2.13. The molecule has 1 aromatic heterocycles. The van der Waals surface area contributed by atoms with E-state index in [0.717, 1.165) is 5.56 Å². The van der Waals surface area contributed by atoms with Crippen molar-refractivity contribution in [1.29, 1.82) is 0 Å². The molecule has 0 saturated heterocycles. The van der Waals surface area contributed by atoms with Crippen LogP contribution in [0.1, 0.15) is 25.8 Å². The minimum atomic E-state index is -0.531. The molecular weight excluding hydrogens is 204 g/mol. The summed E-state index contributed by atoms with van der Waals surface area (Å²) >= 11 is 0. The Morgan fingerprint density at radius 1 is 1.56 bits per heavy atom. The van der Waals surface area contributed by atoms with Crippen LogP contribution in [0.15, 0.2) is 24.5 Å². The van der Waals surface area contributed by atoms with Crippen molar-refractivity contribution in [2.24, 2.45) is 11.7 Å². The van der Waals surface area contributed by atoms with Crippen LogP contribution >= 0.6 is 0 Å². The number of hydrogen-bond donors (Lipinski definition) is 1. The standard InChI is InChI=1S/C12H18N2O2/c1-9(2)6-11(13)12(15)16-8-10-4-3-5-14-7-10/h3-5,7,9,11H,6,8,13H2,1-2H3. The highest BCUT2D eigenvalue weighted by Gasteiger charge is 2.16. The predicted molar refractivity (Wildman–Crippen MR) is 61.5 cm³/mol. The Balaban J connectivity index is 2.35. The highest BCUT2D eigenvalue weighted by molar-refractivity contribution is 5.75. The maximum absolute atomic E-state index is 11.5. The molecule has 0 saturated carbocycles. The SMILES string of the molecule is CC(C)CC(N)C(=O)OCc1cccnc1. The van der Waals surface area contributed by atoms with Crippen LogP contribution in [0.3, 0.4) is 0 Å². The van der Waals surface area contributed by atoms with Crippen LogP contribution in [-0.2, 0) is 16.1 Å². The van der Waals surface area contributed by atoms with Crippen molar-refractivity contribution in [2.75, 3.05) is 0 Å². The van der Waals surface area contributed by atoms with Crippen LogP contribution in [0, 0.1) is 5.92 Å². The van der Waals surface area contributed by atoms with Gasteiger partial charge in [0, 0.05) is 18.0 Å². The summed E-state index contributed by atoms with van der Waals surface area (Å²) in [5, 5.41) is 0. The van der Waals surface area contributed by atoms with Gasteiger partial charge in [-0.25, -0.2) is 0 Å². The first kappa shape index (κ1) is 12.6. The number of pyridine rings is 1. The zero-order valence-electron chi connectivity index (χ0n) is 9.72. The molecule has 0 amide bonds. The maximum Gasteiger partial charge on any atom is 0.323 e. The van der Waals surface area contributed by atoms with Crippen LogP contribution in [-0.4, -0.2) is 17.0 Å². The van der Waals surface area contributed by atoms with Crippen molar-refractivity contribution < 1.29 is 9.53 Å². The van der Waals surface area contributed by atoms with Gasteiger partial charge in [-0.15, -0.1) is 0 Å².